The van der Waals surface area contributed by atoms with Crippen LogP contribution in [0.15, 0.2) is 60.9 Å². The summed E-state index contributed by atoms with van der Waals surface area (Å²) in [5, 5.41) is 10.1. The van der Waals surface area contributed by atoms with E-state index in [0.717, 1.165) is 65.1 Å². The molecule has 2 aromatic carbocycles. The van der Waals surface area contributed by atoms with Crippen molar-refractivity contribution < 1.29 is 0 Å². The molecule has 0 spiro atoms. The fourth-order valence-electron chi connectivity index (χ4n) is 4.60. The minimum atomic E-state index is 0.655. The fraction of sp³-hybridized carbons (Fsp3) is 0.200. The molecule has 1 fully saturated rings. The van der Waals surface area contributed by atoms with Crippen LogP contribution in [0.2, 0.25) is 0 Å². The first-order chi connectivity index (χ1) is 15.7. The molecule has 7 nitrogen and oxygen atoms in total. The number of nitrogen functional groups attached to an aromatic ring is 1. The fourth-order valence-corrected chi connectivity index (χ4v) is 4.60. The molecule has 4 N–H and O–H groups in total. The molecule has 0 aliphatic carbocycles. The third-order valence-electron chi connectivity index (χ3n) is 6.40. The lowest BCUT2D eigenvalue weighted by Crippen LogP contribution is -2.44. The Kier molecular flexibility index (Phi) is 4.36. The number of pyridine rings is 1. The maximum atomic E-state index is 5.94. The summed E-state index contributed by atoms with van der Waals surface area (Å²) >= 11 is 0. The summed E-state index contributed by atoms with van der Waals surface area (Å²) in [6.45, 7) is 4.25. The quantitative estimate of drug-likeness (QED) is 0.406. The molecule has 3 aromatic heterocycles. The van der Waals surface area contributed by atoms with Crippen molar-refractivity contribution in [1.82, 2.24) is 25.1 Å². The molecule has 0 unspecified atom stereocenters. The van der Waals surface area contributed by atoms with Gasteiger partial charge in [-0.3, -0.25) is 10.1 Å². The first kappa shape index (κ1) is 18.9. The van der Waals surface area contributed by atoms with Crippen LogP contribution in [0.25, 0.3) is 44.3 Å². The minimum Gasteiger partial charge on any atom is -0.397 e. The number of nitrogens with one attached hydrogen (secondary N) is 2. The smallest absolute Gasteiger partial charge is 0.116 e. The highest BCUT2D eigenvalue weighted by Crippen LogP contribution is 2.35. The Morgan fingerprint density at radius 1 is 0.875 bits per heavy atom. The van der Waals surface area contributed by atoms with Crippen molar-refractivity contribution in [3.63, 3.8) is 0 Å². The van der Waals surface area contributed by atoms with E-state index in [9.17, 15) is 0 Å². The zero-order chi connectivity index (χ0) is 21.7. The molecule has 5 aromatic rings. The molecule has 4 heterocycles. The molecule has 160 valence electrons. The Hall–Kier alpha value is -3.84. The molecule has 1 saturated heterocycles. The molecule has 0 amide bonds. The van der Waals surface area contributed by atoms with Gasteiger partial charge in [-0.05, 0) is 49.0 Å². The number of hydrogen-bond donors (Lipinski definition) is 3. The number of likely N-dealkylation sites (N-methyl/N-ethyl adjacent to an activating group) is 1. The Morgan fingerprint density at radius 3 is 2.59 bits per heavy atom. The summed E-state index contributed by atoms with van der Waals surface area (Å²) in [5.74, 6) is 0. The van der Waals surface area contributed by atoms with Crippen LogP contribution in [0, 0.1) is 0 Å². The largest absolute Gasteiger partial charge is 0.397 e. The molecule has 32 heavy (non-hydrogen) atoms. The number of nitrogens with zero attached hydrogens (tertiary/aromatic N) is 4. The lowest BCUT2D eigenvalue weighted by Gasteiger charge is -2.34. The predicted octanol–water partition coefficient (Wildman–Crippen LogP) is 4.11. The van der Waals surface area contributed by atoms with Crippen LogP contribution >= 0.6 is 0 Å². The third-order valence-corrected chi connectivity index (χ3v) is 6.40. The second-order valence-corrected chi connectivity index (χ2v) is 8.55. The molecule has 1 aliphatic heterocycles. The van der Waals surface area contributed by atoms with Gasteiger partial charge in [-0.25, -0.2) is 0 Å². The topological polar surface area (TPSA) is 89.9 Å². The van der Waals surface area contributed by atoms with Gasteiger partial charge < -0.3 is 20.5 Å². The van der Waals surface area contributed by atoms with Gasteiger partial charge in [0.25, 0.3) is 0 Å². The van der Waals surface area contributed by atoms with E-state index in [1.807, 2.05) is 12.3 Å². The van der Waals surface area contributed by atoms with Crippen molar-refractivity contribution in [2.75, 3.05) is 43.9 Å². The molecular weight excluding hydrogens is 398 g/mol. The average Bonchev–Trinajstić information content (AvgIpc) is 3.43. The molecule has 0 radical (unpaired) electrons. The standard InChI is InChI=1S/C25H25N7/c1-31-7-9-32(10-8-31)24-4-2-3-21-19(24)13-23(28-21)25-20-12-16(5-6-22(20)29-30-25)17-11-18(26)15-27-14-17/h2-6,11-15,28H,7-10,26H2,1H3,(H,29,30). The Bertz CT molecular complexity index is 1420. The summed E-state index contributed by atoms with van der Waals surface area (Å²) in [5.41, 5.74) is 14.0. The second kappa shape index (κ2) is 7.39. The van der Waals surface area contributed by atoms with E-state index in [4.69, 9.17) is 5.73 Å². The number of H-pyrrole nitrogens is 2. The van der Waals surface area contributed by atoms with Crippen molar-refractivity contribution in [3.05, 3.63) is 60.9 Å². The van der Waals surface area contributed by atoms with Gasteiger partial charge in [-0.1, -0.05) is 12.1 Å². The van der Waals surface area contributed by atoms with Crippen molar-refractivity contribution in [2.45, 2.75) is 0 Å². The van der Waals surface area contributed by atoms with Gasteiger partial charge in [-0.2, -0.15) is 5.10 Å². The Balaban J connectivity index is 1.44. The van der Waals surface area contributed by atoms with E-state index < -0.39 is 0 Å². The zero-order valence-corrected chi connectivity index (χ0v) is 18.0. The monoisotopic (exact) mass is 423 g/mol. The number of aromatic nitrogens is 4. The number of piperazine rings is 1. The van der Waals surface area contributed by atoms with Crippen molar-refractivity contribution in [3.8, 4) is 22.5 Å². The summed E-state index contributed by atoms with van der Waals surface area (Å²) in [7, 11) is 2.18. The minimum absolute atomic E-state index is 0.655. The molecule has 0 atom stereocenters. The van der Waals surface area contributed by atoms with E-state index in [1.54, 1.807) is 6.20 Å². The molecule has 7 heteroatoms. The van der Waals surface area contributed by atoms with E-state index in [0.29, 0.717) is 5.69 Å². The Labute approximate surface area is 185 Å². The summed E-state index contributed by atoms with van der Waals surface area (Å²) in [4.78, 5) is 12.7. The van der Waals surface area contributed by atoms with Crippen LogP contribution in [0.1, 0.15) is 0 Å². The maximum Gasteiger partial charge on any atom is 0.116 e. The van der Waals surface area contributed by atoms with Crippen LogP contribution in [0.5, 0.6) is 0 Å². The second-order valence-electron chi connectivity index (χ2n) is 8.55. The molecule has 0 saturated carbocycles. The van der Waals surface area contributed by atoms with E-state index in [2.05, 4.69) is 79.5 Å². The van der Waals surface area contributed by atoms with Crippen LogP contribution < -0.4 is 10.6 Å². The van der Waals surface area contributed by atoms with Crippen molar-refractivity contribution >= 4 is 33.2 Å². The summed E-state index contributed by atoms with van der Waals surface area (Å²) in [6.07, 6.45) is 3.50. The van der Waals surface area contributed by atoms with Gasteiger partial charge in [0.05, 0.1) is 16.9 Å². The lowest BCUT2D eigenvalue weighted by molar-refractivity contribution is 0.313. The van der Waals surface area contributed by atoms with Crippen molar-refractivity contribution in [2.24, 2.45) is 0 Å². The Morgan fingerprint density at radius 2 is 1.75 bits per heavy atom. The van der Waals surface area contributed by atoms with E-state index in [1.165, 1.54) is 11.1 Å². The average molecular weight is 424 g/mol. The maximum absolute atomic E-state index is 5.94. The van der Waals surface area contributed by atoms with Gasteiger partial charge in [0.15, 0.2) is 0 Å². The number of benzene rings is 2. The van der Waals surface area contributed by atoms with Gasteiger partial charge in [0.2, 0.25) is 0 Å². The highest BCUT2D eigenvalue weighted by Gasteiger charge is 2.19. The van der Waals surface area contributed by atoms with Crippen LogP contribution in [0.4, 0.5) is 11.4 Å². The van der Waals surface area contributed by atoms with E-state index >= 15 is 0 Å². The normalized spacial score (nSPS) is 15.1. The first-order valence-electron chi connectivity index (χ1n) is 10.9. The zero-order valence-electron chi connectivity index (χ0n) is 18.0. The van der Waals surface area contributed by atoms with Gasteiger partial charge >= 0.3 is 0 Å². The van der Waals surface area contributed by atoms with E-state index in [-0.39, 0.29) is 0 Å². The molecule has 0 bridgehead atoms. The first-order valence-corrected chi connectivity index (χ1v) is 10.9. The number of fused-ring (bicyclic) bond motifs is 2. The van der Waals surface area contributed by atoms with Crippen LogP contribution in [-0.4, -0.2) is 58.3 Å². The third kappa shape index (κ3) is 3.18. The van der Waals surface area contributed by atoms with Gasteiger partial charge in [0, 0.05) is 66.1 Å². The van der Waals surface area contributed by atoms with Gasteiger partial charge in [-0.15, -0.1) is 0 Å². The number of rotatable bonds is 3. The van der Waals surface area contributed by atoms with Gasteiger partial charge in [0.1, 0.15) is 5.69 Å². The predicted molar refractivity (Wildman–Crippen MR) is 131 cm³/mol. The lowest BCUT2D eigenvalue weighted by atomic mass is 10.0. The van der Waals surface area contributed by atoms with Crippen molar-refractivity contribution in [1.29, 1.82) is 0 Å². The SMILES string of the molecule is CN1CCN(c2cccc3[nH]c(-c4n[nH]c5ccc(-c6cncc(N)c6)cc45)cc23)CC1. The number of hydrogen-bond acceptors (Lipinski definition) is 5. The van der Waals surface area contributed by atoms with Crippen LogP contribution in [-0.2, 0) is 0 Å². The molecule has 1 aliphatic rings. The van der Waals surface area contributed by atoms with Crippen LogP contribution in [0.3, 0.4) is 0 Å². The highest BCUT2D eigenvalue weighted by molar-refractivity contribution is 6.01. The highest BCUT2D eigenvalue weighted by atomic mass is 15.2. The number of aromatic amines is 2. The molecule has 6 rings (SSSR count). The summed E-state index contributed by atoms with van der Waals surface area (Å²) < 4.78 is 0. The summed E-state index contributed by atoms with van der Waals surface area (Å²) in [6, 6.07) is 16.9. The number of nitrogens with two attached hydrogens (primary N) is 1. The molecular formula is C25H25N7. The number of anilines is 2.